The molecule has 0 heterocycles. The van der Waals surface area contributed by atoms with Crippen LogP contribution < -0.4 is 24.4 Å². The lowest BCUT2D eigenvalue weighted by Gasteiger charge is -2.18. The summed E-state index contributed by atoms with van der Waals surface area (Å²) >= 11 is 0. The molecule has 1 amide bonds. The molecule has 0 fully saturated rings. The SMILES string of the molecule is COc1ccc(C)cc1S(=O)(=O)N(C)CC(=O)NN=Cc1ccc(OC)c(OC)c1OC. The lowest BCUT2D eigenvalue weighted by Crippen LogP contribution is -2.36. The van der Waals surface area contributed by atoms with Gasteiger partial charge in [0, 0.05) is 12.6 Å². The van der Waals surface area contributed by atoms with Gasteiger partial charge in [-0.1, -0.05) is 6.07 Å². The molecule has 0 unspecified atom stereocenters. The summed E-state index contributed by atoms with van der Waals surface area (Å²) in [6.07, 6.45) is 1.36. The van der Waals surface area contributed by atoms with Crippen molar-refractivity contribution >= 4 is 22.1 Å². The standard InChI is InChI=1S/C21H27N3O7S/c1-14-7-9-16(28-3)18(11-14)32(26,27)24(2)13-19(25)23-22-12-15-8-10-17(29-4)21(31-6)20(15)30-5/h7-12H,13H2,1-6H3,(H,23,25). The Labute approximate surface area is 187 Å². The number of nitrogens with zero attached hydrogens (tertiary/aromatic N) is 2. The van der Waals surface area contributed by atoms with Crippen LogP contribution >= 0.6 is 0 Å². The number of methoxy groups -OCH3 is 4. The number of rotatable bonds is 10. The second kappa shape index (κ2) is 10.8. The Kier molecular flexibility index (Phi) is 8.44. The Balaban J connectivity index is 2.13. The van der Waals surface area contributed by atoms with Crippen molar-refractivity contribution in [3.05, 3.63) is 41.5 Å². The van der Waals surface area contributed by atoms with Crippen molar-refractivity contribution in [1.82, 2.24) is 9.73 Å². The maximum atomic E-state index is 12.9. The molecular weight excluding hydrogens is 438 g/mol. The van der Waals surface area contributed by atoms with E-state index in [2.05, 4.69) is 10.5 Å². The molecule has 32 heavy (non-hydrogen) atoms. The summed E-state index contributed by atoms with van der Waals surface area (Å²) in [5.41, 5.74) is 3.58. The Morgan fingerprint density at radius 3 is 2.22 bits per heavy atom. The first-order valence-electron chi connectivity index (χ1n) is 9.41. The molecule has 0 spiro atoms. The number of ether oxygens (including phenoxy) is 4. The van der Waals surface area contributed by atoms with Gasteiger partial charge in [0.1, 0.15) is 10.6 Å². The fraction of sp³-hybridized carbons (Fsp3) is 0.333. The van der Waals surface area contributed by atoms with Crippen molar-refractivity contribution < 1.29 is 32.2 Å². The van der Waals surface area contributed by atoms with E-state index in [1.54, 1.807) is 31.2 Å². The molecule has 0 bridgehead atoms. The van der Waals surface area contributed by atoms with Gasteiger partial charge in [0.25, 0.3) is 5.91 Å². The lowest BCUT2D eigenvalue weighted by molar-refractivity contribution is -0.121. The van der Waals surface area contributed by atoms with E-state index < -0.39 is 22.5 Å². The van der Waals surface area contributed by atoms with Gasteiger partial charge in [-0.3, -0.25) is 4.79 Å². The van der Waals surface area contributed by atoms with E-state index >= 15 is 0 Å². The number of carbonyl (C=O) groups excluding carboxylic acids is 1. The van der Waals surface area contributed by atoms with Crippen molar-refractivity contribution in [3.63, 3.8) is 0 Å². The van der Waals surface area contributed by atoms with Crippen molar-refractivity contribution in [3.8, 4) is 23.0 Å². The molecule has 0 aliphatic heterocycles. The highest BCUT2D eigenvalue weighted by molar-refractivity contribution is 7.89. The van der Waals surface area contributed by atoms with Crippen LogP contribution in [0.1, 0.15) is 11.1 Å². The van der Waals surface area contributed by atoms with E-state index in [4.69, 9.17) is 18.9 Å². The third-order valence-corrected chi connectivity index (χ3v) is 6.33. The van der Waals surface area contributed by atoms with E-state index in [0.29, 0.717) is 22.8 Å². The van der Waals surface area contributed by atoms with Gasteiger partial charge in [-0.15, -0.1) is 0 Å². The third-order valence-electron chi connectivity index (χ3n) is 4.50. The molecule has 174 valence electrons. The number of hydrogen-bond donors (Lipinski definition) is 1. The molecule has 1 N–H and O–H groups in total. The van der Waals surface area contributed by atoms with E-state index in [-0.39, 0.29) is 10.6 Å². The average Bonchev–Trinajstić information content (AvgIpc) is 2.78. The van der Waals surface area contributed by atoms with Crippen molar-refractivity contribution in [2.45, 2.75) is 11.8 Å². The second-order valence-corrected chi connectivity index (χ2v) is 8.65. The number of hydrazone groups is 1. The van der Waals surface area contributed by atoms with E-state index in [1.165, 1.54) is 47.8 Å². The highest BCUT2D eigenvalue weighted by Crippen LogP contribution is 2.39. The zero-order chi connectivity index (χ0) is 23.9. The zero-order valence-electron chi connectivity index (χ0n) is 18.8. The minimum atomic E-state index is -3.96. The summed E-state index contributed by atoms with van der Waals surface area (Å²) in [7, 11) is 3.17. The molecule has 11 heteroatoms. The molecule has 10 nitrogen and oxygen atoms in total. The number of sulfonamides is 1. The summed E-state index contributed by atoms with van der Waals surface area (Å²) in [6.45, 7) is 1.32. The van der Waals surface area contributed by atoms with Gasteiger partial charge < -0.3 is 18.9 Å². The Morgan fingerprint density at radius 2 is 1.62 bits per heavy atom. The smallest absolute Gasteiger partial charge is 0.255 e. The molecule has 2 aromatic rings. The molecule has 0 radical (unpaired) electrons. The first-order valence-corrected chi connectivity index (χ1v) is 10.8. The Hall–Kier alpha value is -3.31. The summed E-state index contributed by atoms with van der Waals surface area (Å²) in [6, 6.07) is 8.14. The van der Waals surface area contributed by atoms with Crippen LogP contribution in [0, 0.1) is 6.92 Å². The predicted octanol–water partition coefficient (Wildman–Crippen LogP) is 1.80. The largest absolute Gasteiger partial charge is 0.495 e. The minimum Gasteiger partial charge on any atom is -0.495 e. The van der Waals surface area contributed by atoms with E-state index in [9.17, 15) is 13.2 Å². The third kappa shape index (κ3) is 5.48. The number of benzene rings is 2. The second-order valence-electron chi connectivity index (χ2n) is 6.63. The van der Waals surface area contributed by atoms with E-state index in [1.807, 2.05) is 0 Å². The fourth-order valence-electron chi connectivity index (χ4n) is 2.88. The Morgan fingerprint density at radius 1 is 1.00 bits per heavy atom. The number of aryl methyl sites for hydroxylation is 1. The predicted molar refractivity (Wildman–Crippen MR) is 119 cm³/mol. The van der Waals surface area contributed by atoms with Crippen LogP contribution in [-0.4, -0.2) is 66.9 Å². The first kappa shape index (κ1) is 25.0. The van der Waals surface area contributed by atoms with Crippen molar-refractivity contribution in [2.24, 2.45) is 5.10 Å². The van der Waals surface area contributed by atoms with Crippen LogP contribution in [0.5, 0.6) is 23.0 Å². The van der Waals surface area contributed by atoms with Crippen LogP contribution in [-0.2, 0) is 14.8 Å². The topological polar surface area (TPSA) is 116 Å². The molecule has 0 atom stereocenters. The van der Waals surface area contributed by atoms with Crippen molar-refractivity contribution in [1.29, 1.82) is 0 Å². The first-order chi connectivity index (χ1) is 15.2. The van der Waals surface area contributed by atoms with Gasteiger partial charge >= 0.3 is 0 Å². The number of carbonyl (C=O) groups is 1. The number of nitrogens with one attached hydrogen (secondary N) is 1. The molecule has 0 aromatic heterocycles. The lowest BCUT2D eigenvalue weighted by atomic mass is 10.2. The number of amides is 1. The van der Waals surface area contributed by atoms with Crippen LogP contribution in [0.4, 0.5) is 0 Å². The average molecular weight is 466 g/mol. The molecule has 0 aliphatic rings. The quantitative estimate of drug-likeness (QED) is 0.420. The van der Waals surface area contributed by atoms with Crippen molar-refractivity contribution in [2.75, 3.05) is 42.0 Å². The molecule has 0 aliphatic carbocycles. The number of likely N-dealkylation sites (N-methyl/N-ethyl adjacent to an activating group) is 1. The molecule has 2 aromatic carbocycles. The maximum absolute atomic E-state index is 12.9. The van der Waals surface area contributed by atoms with Crippen LogP contribution in [0.15, 0.2) is 40.3 Å². The monoisotopic (exact) mass is 465 g/mol. The van der Waals surface area contributed by atoms with E-state index in [0.717, 1.165) is 9.87 Å². The van der Waals surface area contributed by atoms with Gasteiger partial charge in [-0.25, -0.2) is 13.8 Å². The Bertz CT molecular complexity index is 1100. The van der Waals surface area contributed by atoms with Gasteiger partial charge in [0.2, 0.25) is 15.8 Å². The maximum Gasteiger partial charge on any atom is 0.255 e. The highest BCUT2D eigenvalue weighted by atomic mass is 32.2. The summed E-state index contributed by atoms with van der Waals surface area (Å²) in [4.78, 5) is 12.3. The summed E-state index contributed by atoms with van der Waals surface area (Å²) in [5, 5.41) is 3.89. The van der Waals surface area contributed by atoms with Crippen LogP contribution in [0.2, 0.25) is 0 Å². The van der Waals surface area contributed by atoms with Crippen LogP contribution in [0.3, 0.4) is 0 Å². The summed E-state index contributed by atoms with van der Waals surface area (Å²) in [5.74, 6) is 0.794. The molecular formula is C21H27N3O7S. The molecule has 2 rings (SSSR count). The number of hydrogen-bond acceptors (Lipinski definition) is 8. The highest BCUT2D eigenvalue weighted by Gasteiger charge is 2.26. The van der Waals surface area contributed by atoms with Crippen LogP contribution in [0.25, 0.3) is 0 Å². The summed E-state index contributed by atoms with van der Waals surface area (Å²) < 4.78 is 47.7. The van der Waals surface area contributed by atoms with Gasteiger partial charge in [-0.05, 0) is 36.8 Å². The van der Waals surface area contributed by atoms with Gasteiger partial charge in [0.05, 0.1) is 41.2 Å². The van der Waals surface area contributed by atoms with Gasteiger partial charge in [0.15, 0.2) is 11.5 Å². The minimum absolute atomic E-state index is 0.0196. The zero-order valence-corrected chi connectivity index (χ0v) is 19.6. The fourth-order valence-corrected chi connectivity index (χ4v) is 4.24. The normalized spacial score (nSPS) is 11.5. The van der Waals surface area contributed by atoms with Gasteiger partial charge in [-0.2, -0.15) is 9.41 Å². The molecule has 0 saturated heterocycles. The molecule has 0 saturated carbocycles.